The molecule has 5 nitrogen and oxygen atoms in total. The summed E-state index contributed by atoms with van der Waals surface area (Å²) in [6.07, 6.45) is 0. The monoisotopic (exact) mass is 322 g/mol. The van der Waals surface area contributed by atoms with Crippen LogP contribution in [-0.4, -0.2) is 46.3 Å². The number of piperazine rings is 1. The zero-order valence-corrected chi connectivity index (χ0v) is 14.0. The number of rotatable bonds is 4. The van der Waals surface area contributed by atoms with Gasteiger partial charge in [-0.15, -0.1) is 0 Å². The van der Waals surface area contributed by atoms with Crippen molar-refractivity contribution in [2.75, 3.05) is 26.2 Å². The number of hydrogen-bond donors (Lipinski definition) is 0. The van der Waals surface area contributed by atoms with E-state index in [1.807, 2.05) is 12.1 Å². The van der Waals surface area contributed by atoms with Crippen LogP contribution in [0.3, 0.4) is 0 Å². The molecule has 1 aliphatic heterocycles. The van der Waals surface area contributed by atoms with Crippen LogP contribution in [0.1, 0.15) is 16.7 Å². The molecule has 0 radical (unpaired) electrons. The zero-order valence-electron chi connectivity index (χ0n) is 14.0. The number of nitrogens with zero attached hydrogens (tertiary/aromatic N) is 4. The Kier molecular flexibility index (Phi) is 4.28. The van der Waals surface area contributed by atoms with Crippen LogP contribution in [-0.2, 0) is 13.1 Å². The average molecular weight is 322 g/mol. The Morgan fingerprint density at radius 3 is 2.25 bits per heavy atom. The number of aryl methyl sites for hydroxylation is 1. The normalized spacial score (nSPS) is 16.7. The zero-order chi connectivity index (χ0) is 16.4. The second kappa shape index (κ2) is 6.71. The Bertz CT molecular complexity index is 821. The van der Waals surface area contributed by atoms with E-state index >= 15 is 0 Å². The molecule has 0 amide bonds. The van der Waals surface area contributed by atoms with Gasteiger partial charge in [-0.1, -0.05) is 36.4 Å². The van der Waals surface area contributed by atoms with E-state index in [9.17, 15) is 0 Å². The fourth-order valence-electron chi connectivity index (χ4n) is 3.36. The molecule has 1 aromatic heterocycles. The maximum atomic E-state index is 4.86. The van der Waals surface area contributed by atoms with Crippen molar-refractivity contribution in [2.45, 2.75) is 20.0 Å². The van der Waals surface area contributed by atoms with Crippen molar-refractivity contribution in [2.24, 2.45) is 0 Å². The lowest BCUT2D eigenvalue weighted by atomic mass is 10.1. The fourth-order valence-corrected chi connectivity index (χ4v) is 3.36. The van der Waals surface area contributed by atoms with Crippen LogP contribution in [0.25, 0.3) is 11.0 Å². The summed E-state index contributed by atoms with van der Waals surface area (Å²) in [6.45, 7) is 8.50. The molecule has 124 valence electrons. The van der Waals surface area contributed by atoms with Crippen molar-refractivity contribution >= 4 is 11.0 Å². The Balaban J connectivity index is 1.36. The Morgan fingerprint density at radius 1 is 0.833 bits per heavy atom. The van der Waals surface area contributed by atoms with Crippen molar-refractivity contribution in [3.63, 3.8) is 0 Å². The van der Waals surface area contributed by atoms with Gasteiger partial charge >= 0.3 is 0 Å². The molecule has 0 spiro atoms. The molecular formula is C19H22N4O. The molecule has 0 saturated carbocycles. The quantitative estimate of drug-likeness (QED) is 0.739. The fraction of sp³-hybridized carbons (Fsp3) is 0.368. The third-order valence-electron chi connectivity index (χ3n) is 4.88. The van der Waals surface area contributed by atoms with E-state index in [0.29, 0.717) is 0 Å². The Morgan fingerprint density at radius 2 is 1.50 bits per heavy atom. The molecule has 3 aromatic rings. The van der Waals surface area contributed by atoms with Gasteiger partial charge in [-0.25, -0.2) is 4.63 Å². The van der Waals surface area contributed by atoms with E-state index in [4.69, 9.17) is 4.63 Å². The SMILES string of the molecule is Cc1ccccc1CN1CCN(Cc2cccc3nonc23)CC1. The first-order chi connectivity index (χ1) is 11.8. The molecule has 0 N–H and O–H groups in total. The molecule has 0 bridgehead atoms. The minimum absolute atomic E-state index is 0.839. The smallest absolute Gasteiger partial charge is 0.139 e. The summed E-state index contributed by atoms with van der Waals surface area (Å²) >= 11 is 0. The van der Waals surface area contributed by atoms with E-state index < -0.39 is 0 Å². The van der Waals surface area contributed by atoms with Gasteiger partial charge in [0.1, 0.15) is 11.0 Å². The van der Waals surface area contributed by atoms with Gasteiger partial charge in [0.15, 0.2) is 0 Å². The predicted octanol–water partition coefficient (Wildman–Crippen LogP) is 2.85. The highest BCUT2D eigenvalue weighted by Gasteiger charge is 2.19. The van der Waals surface area contributed by atoms with Crippen molar-refractivity contribution in [1.82, 2.24) is 20.1 Å². The molecule has 1 saturated heterocycles. The van der Waals surface area contributed by atoms with Crippen LogP contribution in [0.2, 0.25) is 0 Å². The second-order valence-electron chi connectivity index (χ2n) is 6.53. The maximum Gasteiger partial charge on any atom is 0.139 e. The Labute approximate surface area is 141 Å². The largest absolute Gasteiger partial charge is 0.297 e. The number of benzene rings is 2. The van der Waals surface area contributed by atoms with Crippen molar-refractivity contribution < 1.29 is 4.63 Å². The van der Waals surface area contributed by atoms with E-state index in [-0.39, 0.29) is 0 Å². The van der Waals surface area contributed by atoms with Crippen molar-refractivity contribution in [3.05, 3.63) is 59.2 Å². The van der Waals surface area contributed by atoms with Gasteiger partial charge in [0, 0.05) is 39.3 Å². The number of hydrogen-bond acceptors (Lipinski definition) is 5. The molecule has 1 aliphatic rings. The summed E-state index contributed by atoms with van der Waals surface area (Å²) in [4.78, 5) is 5.02. The van der Waals surface area contributed by atoms with Gasteiger partial charge in [0.2, 0.25) is 0 Å². The summed E-state index contributed by atoms with van der Waals surface area (Å²) in [6, 6.07) is 14.7. The second-order valence-corrected chi connectivity index (χ2v) is 6.53. The highest BCUT2D eigenvalue weighted by molar-refractivity contribution is 5.76. The van der Waals surface area contributed by atoms with Gasteiger partial charge in [-0.05, 0) is 40.0 Å². The van der Waals surface area contributed by atoms with Crippen LogP contribution < -0.4 is 0 Å². The molecule has 5 heteroatoms. The molecule has 4 rings (SSSR count). The van der Waals surface area contributed by atoms with Crippen LogP contribution in [0, 0.1) is 6.92 Å². The number of aromatic nitrogens is 2. The van der Waals surface area contributed by atoms with E-state index in [1.54, 1.807) is 0 Å². The molecule has 1 fully saturated rings. The first-order valence-electron chi connectivity index (χ1n) is 8.49. The van der Waals surface area contributed by atoms with Gasteiger partial charge in [0.25, 0.3) is 0 Å². The van der Waals surface area contributed by atoms with Crippen molar-refractivity contribution in [3.8, 4) is 0 Å². The summed E-state index contributed by atoms with van der Waals surface area (Å²) in [5.41, 5.74) is 5.74. The van der Waals surface area contributed by atoms with Gasteiger partial charge in [0.05, 0.1) is 0 Å². The first kappa shape index (κ1) is 15.3. The van der Waals surface area contributed by atoms with Crippen LogP contribution in [0.15, 0.2) is 47.1 Å². The standard InChI is InChI=1S/C19H22N4O/c1-15-5-2-3-6-16(15)13-22-9-11-23(12-10-22)14-17-7-4-8-18-19(17)21-24-20-18/h2-8H,9-14H2,1H3. The molecule has 24 heavy (non-hydrogen) atoms. The van der Waals surface area contributed by atoms with E-state index in [2.05, 4.69) is 57.4 Å². The third kappa shape index (κ3) is 3.18. The lowest BCUT2D eigenvalue weighted by Crippen LogP contribution is -2.45. The average Bonchev–Trinajstić information content (AvgIpc) is 3.08. The summed E-state index contributed by atoms with van der Waals surface area (Å²) in [7, 11) is 0. The van der Waals surface area contributed by atoms with E-state index in [1.165, 1.54) is 16.7 Å². The lowest BCUT2D eigenvalue weighted by Gasteiger charge is -2.35. The maximum absolute atomic E-state index is 4.86. The topological polar surface area (TPSA) is 45.4 Å². The summed E-state index contributed by atoms with van der Waals surface area (Å²) < 4.78 is 4.86. The lowest BCUT2D eigenvalue weighted by molar-refractivity contribution is 0.122. The molecule has 0 unspecified atom stereocenters. The molecular weight excluding hydrogens is 300 g/mol. The minimum Gasteiger partial charge on any atom is -0.297 e. The highest BCUT2D eigenvalue weighted by atomic mass is 16.6. The molecule has 2 aromatic carbocycles. The van der Waals surface area contributed by atoms with Gasteiger partial charge < -0.3 is 0 Å². The number of fused-ring (bicyclic) bond motifs is 1. The summed E-state index contributed by atoms with van der Waals surface area (Å²) in [5, 5.41) is 7.97. The van der Waals surface area contributed by atoms with Gasteiger partial charge in [-0.2, -0.15) is 0 Å². The first-order valence-corrected chi connectivity index (χ1v) is 8.49. The molecule has 0 aliphatic carbocycles. The molecule has 0 atom stereocenters. The van der Waals surface area contributed by atoms with Crippen molar-refractivity contribution in [1.29, 1.82) is 0 Å². The van der Waals surface area contributed by atoms with Crippen LogP contribution in [0.4, 0.5) is 0 Å². The summed E-state index contributed by atoms with van der Waals surface area (Å²) in [5.74, 6) is 0. The van der Waals surface area contributed by atoms with Crippen LogP contribution in [0.5, 0.6) is 0 Å². The predicted molar refractivity (Wildman–Crippen MR) is 93.5 cm³/mol. The molecule has 2 heterocycles. The highest BCUT2D eigenvalue weighted by Crippen LogP contribution is 2.18. The minimum atomic E-state index is 0.839. The Hall–Kier alpha value is -2.24. The van der Waals surface area contributed by atoms with Crippen LogP contribution >= 0.6 is 0 Å². The third-order valence-corrected chi connectivity index (χ3v) is 4.88. The van der Waals surface area contributed by atoms with E-state index in [0.717, 1.165) is 50.3 Å². The van der Waals surface area contributed by atoms with Gasteiger partial charge in [-0.3, -0.25) is 9.80 Å².